The monoisotopic (exact) mass is 341 g/mol. The molecule has 0 aliphatic heterocycles. The molecule has 2 aromatic rings. The first-order valence-corrected chi connectivity index (χ1v) is 8.38. The summed E-state index contributed by atoms with van der Waals surface area (Å²) in [5.74, 6) is 1.22. The number of carbonyl (C=O) groups is 1. The molecule has 0 saturated carbocycles. The van der Waals surface area contributed by atoms with Crippen molar-refractivity contribution in [1.29, 1.82) is 0 Å². The first kappa shape index (κ1) is 16.0. The summed E-state index contributed by atoms with van der Waals surface area (Å²) in [6.07, 6.45) is 5.13. The molecule has 0 fully saturated rings. The van der Waals surface area contributed by atoms with Gasteiger partial charge >= 0.3 is 0 Å². The van der Waals surface area contributed by atoms with Crippen molar-refractivity contribution in [2.45, 2.75) is 6.54 Å². The van der Waals surface area contributed by atoms with Crippen molar-refractivity contribution in [3.63, 3.8) is 0 Å². The topological polar surface area (TPSA) is 43.1 Å². The number of benzene rings is 1. The molecule has 2 aliphatic carbocycles. The van der Waals surface area contributed by atoms with Crippen LogP contribution in [0.15, 0.2) is 91.4 Å². The van der Waals surface area contributed by atoms with Gasteiger partial charge in [-0.2, -0.15) is 4.57 Å². The summed E-state index contributed by atoms with van der Waals surface area (Å²) in [6.45, 7) is 0.238. The van der Waals surface area contributed by atoms with E-state index in [0.29, 0.717) is 11.4 Å². The van der Waals surface area contributed by atoms with Crippen LogP contribution in [-0.2, 0) is 6.54 Å². The Hall–Kier alpha value is -3.53. The summed E-state index contributed by atoms with van der Waals surface area (Å²) in [4.78, 5) is 16.6. The molecule has 1 heterocycles. The molecule has 0 radical (unpaired) electrons. The average Bonchev–Trinajstić information content (AvgIpc) is 2.90. The van der Waals surface area contributed by atoms with Gasteiger partial charge in [-0.25, -0.2) is 4.98 Å². The molecule has 0 atom stereocenters. The largest absolute Gasteiger partial charge is 0.434 e. The maximum Gasteiger partial charge on any atom is 0.285 e. The summed E-state index contributed by atoms with van der Waals surface area (Å²) in [6, 6.07) is 23.3. The van der Waals surface area contributed by atoms with Crippen LogP contribution in [-0.4, -0.2) is 10.8 Å². The van der Waals surface area contributed by atoms with Crippen molar-refractivity contribution in [3.05, 3.63) is 97.0 Å². The van der Waals surface area contributed by atoms with Gasteiger partial charge in [-0.1, -0.05) is 60.7 Å². The van der Waals surface area contributed by atoms with E-state index in [2.05, 4.69) is 4.98 Å². The first-order valence-electron chi connectivity index (χ1n) is 8.38. The third-order valence-electron chi connectivity index (χ3n) is 4.08. The predicted octanol–water partition coefficient (Wildman–Crippen LogP) is 4.15. The second-order valence-corrected chi connectivity index (χ2v) is 5.97. The number of fused-ring (bicyclic) bond motifs is 1. The van der Waals surface area contributed by atoms with Gasteiger partial charge in [-0.15, -0.1) is 0 Å². The number of ketones is 1. The SMILES string of the molecule is O=C(C[n+]1ccnc(Oc2cc3cccccc-3c2)c1)c1ccccc1. The maximum absolute atomic E-state index is 12.3. The van der Waals surface area contributed by atoms with Crippen LogP contribution < -0.4 is 9.30 Å². The van der Waals surface area contributed by atoms with Gasteiger partial charge in [0, 0.05) is 5.56 Å². The lowest BCUT2D eigenvalue weighted by Gasteiger charge is -2.01. The van der Waals surface area contributed by atoms with Crippen molar-refractivity contribution < 1.29 is 14.1 Å². The fourth-order valence-electron chi connectivity index (χ4n) is 2.81. The van der Waals surface area contributed by atoms with Crippen molar-refractivity contribution in [1.82, 2.24) is 4.98 Å². The molecular formula is C22H17N2O2+. The van der Waals surface area contributed by atoms with Gasteiger partial charge in [-0.3, -0.25) is 4.79 Å². The molecule has 0 N–H and O–H groups in total. The van der Waals surface area contributed by atoms with Gasteiger partial charge in [0.1, 0.15) is 5.75 Å². The highest BCUT2D eigenvalue weighted by Gasteiger charge is 2.14. The van der Waals surface area contributed by atoms with Crippen LogP contribution in [0, 0.1) is 0 Å². The Morgan fingerprint density at radius 3 is 2.27 bits per heavy atom. The van der Waals surface area contributed by atoms with E-state index in [-0.39, 0.29) is 12.3 Å². The minimum Gasteiger partial charge on any atom is -0.434 e. The number of aromatic nitrogens is 2. The van der Waals surface area contributed by atoms with E-state index in [0.717, 1.165) is 16.9 Å². The summed E-state index contributed by atoms with van der Waals surface area (Å²) in [5.41, 5.74) is 2.90. The second-order valence-electron chi connectivity index (χ2n) is 5.97. The summed E-state index contributed by atoms with van der Waals surface area (Å²) in [5, 5.41) is 0. The minimum absolute atomic E-state index is 0.0410. The zero-order chi connectivity index (χ0) is 17.8. The van der Waals surface area contributed by atoms with Crippen LogP contribution >= 0.6 is 0 Å². The highest BCUT2D eigenvalue weighted by Crippen LogP contribution is 2.31. The van der Waals surface area contributed by atoms with E-state index in [9.17, 15) is 4.79 Å². The third kappa shape index (κ3) is 3.59. The van der Waals surface area contributed by atoms with Crippen LogP contribution in [0.2, 0.25) is 0 Å². The number of hydrogen-bond donors (Lipinski definition) is 0. The van der Waals surface area contributed by atoms with E-state index < -0.39 is 0 Å². The van der Waals surface area contributed by atoms with Crippen molar-refractivity contribution in [2.24, 2.45) is 0 Å². The van der Waals surface area contributed by atoms with Crippen LogP contribution in [0.3, 0.4) is 0 Å². The third-order valence-corrected chi connectivity index (χ3v) is 4.08. The summed E-state index contributed by atoms with van der Waals surface area (Å²) >= 11 is 0. The molecule has 2 aliphatic rings. The maximum atomic E-state index is 12.3. The van der Waals surface area contributed by atoms with Gasteiger partial charge in [0.25, 0.3) is 5.88 Å². The highest BCUT2D eigenvalue weighted by molar-refractivity contribution is 5.94. The van der Waals surface area contributed by atoms with Crippen molar-refractivity contribution in [3.8, 4) is 22.8 Å². The number of hydrogen-bond acceptors (Lipinski definition) is 3. The molecule has 0 spiro atoms. The minimum atomic E-state index is 0.0410. The lowest BCUT2D eigenvalue weighted by molar-refractivity contribution is -0.683. The van der Waals surface area contributed by atoms with E-state index in [1.54, 1.807) is 23.2 Å². The number of nitrogens with zero attached hydrogens (tertiary/aromatic N) is 2. The van der Waals surface area contributed by atoms with Crippen LogP contribution in [0.5, 0.6) is 11.6 Å². The molecule has 4 heteroatoms. The van der Waals surface area contributed by atoms with E-state index in [4.69, 9.17) is 4.74 Å². The van der Waals surface area contributed by atoms with Crippen molar-refractivity contribution in [2.75, 3.05) is 0 Å². The molecule has 0 unspecified atom stereocenters. The molecule has 26 heavy (non-hydrogen) atoms. The molecule has 4 nitrogen and oxygen atoms in total. The van der Waals surface area contributed by atoms with Gasteiger partial charge < -0.3 is 4.74 Å². The Balaban J connectivity index is 1.52. The standard InChI is InChI=1S/C22H17N2O2/c25-21(17-7-3-1-4-8-17)15-24-12-11-23-22(16-24)26-20-13-18-9-5-2-6-10-19(18)14-20/h1-14,16H,15H2/q+1. The zero-order valence-corrected chi connectivity index (χ0v) is 14.1. The van der Waals surface area contributed by atoms with Crippen LogP contribution in [0.1, 0.15) is 10.4 Å². The molecule has 0 amide bonds. The molecule has 1 aromatic carbocycles. The van der Waals surface area contributed by atoms with E-state index >= 15 is 0 Å². The number of Topliss-reactive ketones (excluding diaryl/α,β-unsaturated/α-hetero) is 1. The first-order chi connectivity index (χ1) is 12.8. The molecule has 1 aromatic heterocycles. The Morgan fingerprint density at radius 2 is 1.58 bits per heavy atom. The van der Waals surface area contributed by atoms with E-state index in [1.165, 1.54) is 0 Å². The smallest absolute Gasteiger partial charge is 0.285 e. The van der Waals surface area contributed by atoms with Gasteiger partial charge in [0.2, 0.25) is 18.5 Å². The van der Waals surface area contributed by atoms with E-state index in [1.807, 2.05) is 72.8 Å². The fourth-order valence-corrected chi connectivity index (χ4v) is 2.81. The van der Waals surface area contributed by atoms with Crippen LogP contribution in [0.25, 0.3) is 11.1 Å². The summed E-state index contributed by atoms with van der Waals surface area (Å²) < 4.78 is 7.66. The highest BCUT2D eigenvalue weighted by atomic mass is 16.5. The number of rotatable bonds is 5. The lowest BCUT2D eigenvalue weighted by Crippen LogP contribution is -2.37. The fraction of sp³-hybridized carbons (Fsp3) is 0.0455. The Morgan fingerprint density at radius 1 is 0.923 bits per heavy atom. The Kier molecular flexibility index (Phi) is 4.39. The molecule has 0 bridgehead atoms. The predicted molar refractivity (Wildman–Crippen MR) is 98.3 cm³/mol. The van der Waals surface area contributed by atoms with Crippen molar-refractivity contribution >= 4 is 5.78 Å². The second kappa shape index (κ2) is 7.15. The van der Waals surface area contributed by atoms with Gasteiger partial charge in [0.05, 0.1) is 6.20 Å². The van der Waals surface area contributed by atoms with Gasteiger partial charge in [0.15, 0.2) is 6.20 Å². The molecule has 4 rings (SSSR count). The van der Waals surface area contributed by atoms with Crippen LogP contribution in [0.4, 0.5) is 0 Å². The normalized spacial score (nSPS) is 10.6. The Bertz CT molecular complexity index is 984. The number of ether oxygens (including phenoxy) is 1. The van der Waals surface area contributed by atoms with Gasteiger partial charge in [-0.05, 0) is 23.3 Å². The lowest BCUT2D eigenvalue weighted by atomic mass is 10.1. The average molecular weight is 341 g/mol. The Labute approximate surface area is 151 Å². The summed E-state index contributed by atoms with van der Waals surface area (Å²) in [7, 11) is 0. The molecule has 126 valence electrons. The number of carbonyl (C=O) groups excluding carboxylic acids is 1. The molecular weight excluding hydrogens is 324 g/mol. The zero-order valence-electron chi connectivity index (χ0n) is 14.1. The molecule has 0 saturated heterocycles. The quantitative estimate of drug-likeness (QED) is 0.404.